The fraction of sp³-hybridized carbons (Fsp3) is 0.200. The van der Waals surface area contributed by atoms with Gasteiger partial charge in [0.2, 0.25) is 0 Å². The van der Waals surface area contributed by atoms with Crippen molar-refractivity contribution in [3.63, 3.8) is 0 Å². The minimum absolute atomic E-state index is 0.207. The van der Waals surface area contributed by atoms with Gasteiger partial charge in [0.1, 0.15) is 5.75 Å². The Morgan fingerprint density at radius 2 is 1.63 bits per heavy atom. The summed E-state index contributed by atoms with van der Waals surface area (Å²) in [7, 11) is 3.11. The molecule has 0 atom stereocenters. The largest absolute Gasteiger partial charge is 0.497 e. The number of benzene rings is 2. The lowest BCUT2D eigenvalue weighted by Crippen LogP contribution is -2.34. The summed E-state index contributed by atoms with van der Waals surface area (Å²) in [6.07, 6.45) is 0. The molecule has 5 nitrogen and oxygen atoms in total. The summed E-state index contributed by atoms with van der Waals surface area (Å²) in [5.41, 5.74) is 1.06. The van der Waals surface area contributed by atoms with E-state index >= 15 is 0 Å². The standard InChI is InChI=1S/C20H18ClNO4S/c1-25-12-11-22-19(23)17(13-3-7-15(26-2)8-4-13)18(20(22)24)27-16-9-5-14(21)6-10-16/h3-10H,11-12H2,1-2H3. The fourth-order valence-electron chi connectivity index (χ4n) is 2.67. The topological polar surface area (TPSA) is 55.8 Å². The van der Waals surface area contributed by atoms with Crippen LogP contribution in [0.15, 0.2) is 58.3 Å². The summed E-state index contributed by atoms with van der Waals surface area (Å²) in [6, 6.07) is 14.2. The molecule has 3 rings (SSSR count). The smallest absolute Gasteiger partial charge is 0.268 e. The van der Waals surface area contributed by atoms with Crippen molar-refractivity contribution in [2.24, 2.45) is 0 Å². The minimum atomic E-state index is -0.321. The molecule has 0 unspecified atom stereocenters. The van der Waals surface area contributed by atoms with E-state index in [2.05, 4.69) is 0 Å². The van der Waals surface area contributed by atoms with Crippen LogP contribution in [0.3, 0.4) is 0 Å². The molecule has 1 aliphatic heterocycles. The van der Waals surface area contributed by atoms with E-state index in [0.29, 0.717) is 26.8 Å². The van der Waals surface area contributed by atoms with E-state index in [4.69, 9.17) is 21.1 Å². The maximum Gasteiger partial charge on any atom is 0.268 e. The molecule has 1 heterocycles. The van der Waals surface area contributed by atoms with Gasteiger partial charge in [-0.1, -0.05) is 35.5 Å². The Labute approximate surface area is 166 Å². The van der Waals surface area contributed by atoms with Gasteiger partial charge in [0.05, 0.1) is 30.7 Å². The van der Waals surface area contributed by atoms with Crippen LogP contribution < -0.4 is 4.74 Å². The SMILES string of the molecule is COCCN1C(=O)C(Sc2ccc(Cl)cc2)=C(c2ccc(OC)cc2)C1=O. The summed E-state index contributed by atoms with van der Waals surface area (Å²) < 4.78 is 10.2. The normalized spacial score (nSPS) is 14.3. The third-order valence-corrected chi connectivity index (χ3v) is 5.40. The van der Waals surface area contributed by atoms with Gasteiger partial charge in [0.25, 0.3) is 11.8 Å². The second kappa shape index (κ2) is 8.61. The molecule has 0 aliphatic carbocycles. The van der Waals surface area contributed by atoms with Crippen molar-refractivity contribution in [3.8, 4) is 5.75 Å². The van der Waals surface area contributed by atoms with Crippen molar-refractivity contribution in [3.05, 3.63) is 64.0 Å². The summed E-state index contributed by atoms with van der Waals surface area (Å²) in [6.45, 7) is 0.491. The molecule has 0 fully saturated rings. The Hall–Kier alpha value is -2.28. The molecule has 1 aliphatic rings. The van der Waals surface area contributed by atoms with Crippen LogP contribution in [0.1, 0.15) is 5.56 Å². The minimum Gasteiger partial charge on any atom is -0.497 e. The number of imide groups is 1. The number of hydrogen-bond acceptors (Lipinski definition) is 5. The number of amides is 2. The molecule has 27 heavy (non-hydrogen) atoms. The van der Waals surface area contributed by atoms with Crippen molar-refractivity contribution in [1.29, 1.82) is 0 Å². The Morgan fingerprint density at radius 3 is 2.22 bits per heavy atom. The van der Waals surface area contributed by atoms with Crippen LogP contribution in [-0.2, 0) is 14.3 Å². The Morgan fingerprint density at radius 1 is 0.963 bits per heavy atom. The first kappa shape index (κ1) is 19.5. The van der Waals surface area contributed by atoms with Crippen LogP contribution in [-0.4, -0.2) is 44.1 Å². The number of methoxy groups -OCH3 is 2. The van der Waals surface area contributed by atoms with Crippen molar-refractivity contribution in [1.82, 2.24) is 4.90 Å². The second-order valence-electron chi connectivity index (χ2n) is 5.74. The van der Waals surface area contributed by atoms with E-state index in [-0.39, 0.29) is 25.0 Å². The number of carbonyl (C=O) groups is 2. The number of hydrogen-bond donors (Lipinski definition) is 0. The highest BCUT2D eigenvalue weighted by Crippen LogP contribution is 2.40. The number of ether oxygens (including phenoxy) is 2. The lowest BCUT2D eigenvalue weighted by atomic mass is 10.1. The number of rotatable bonds is 7. The molecule has 0 bridgehead atoms. The molecule has 2 aromatic rings. The Balaban J connectivity index is 2.01. The molecule has 0 saturated carbocycles. The number of nitrogens with zero attached hydrogens (tertiary/aromatic N) is 1. The third kappa shape index (κ3) is 4.18. The summed E-state index contributed by atoms with van der Waals surface area (Å²) in [5.74, 6) is 0.0424. The highest BCUT2D eigenvalue weighted by Gasteiger charge is 2.39. The van der Waals surface area contributed by atoms with Gasteiger partial charge < -0.3 is 9.47 Å². The maximum absolute atomic E-state index is 13.0. The van der Waals surface area contributed by atoms with Gasteiger partial charge >= 0.3 is 0 Å². The van der Waals surface area contributed by atoms with E-state index in [0.717, 1.165) is 4.90 Å². The Kier molecular flexibility index (Phi) is 6.21. The average molecular weight is 404 g/mol. The molecule has 2 amide bonds. The van der Waals surface area contributed by atoms with Gasteiger partial charge in [0.15, 0.2) is 0 Å². The first-order valence-electron chi connectivity index (χ1n) is 8.22. The lowest BCUT2D eigenvalue weighted by molar-refractivity contribution is -0.137. The second-order valence-corrected chi connectivity index (χ2v) is 7.26. The van der Waals surface area contributed by atoms with Gasteiger partial charge in [-0.25, -0.2) is 0 Å². The summed E-state index contributed by atoms with van der Waals surface area (Å²) in [5, 5.41) is 0.610. The number of halogens is 1. The molecule has 0 radical (unpaired) electrons. The van der Waals surface area contributed by atoms with E-state index in [9.17, 15) is 9.59 Å². The predicted octanol–water partition coefficient (Wildman–Crippen LogP) is 3.87. The predicted molar refractivity (Wildman–Crippen MR) is 106 cm³/mol. The van der Waals surface area contributed by atoms with Crippen LogP contribution in [0.2, 0.25) is 5.02 Å². The highest BCUT2D eigenvalue weighted by atomic mass is 35.5. The van der Waals surface area contributed by atoms with E-state index in [1.165, 1.54) is 23.8 Å². The number of carbonyl (C=O) groups excluding carboxylic acids is 2. The Bertz CT molecular complexity index is 878. The zero-order chi connectivity index (χ0) is 19.4. The molecular formula is C20H18ClNO4S. The summed E-state index contributed by atoms with van der Waals surface area (Å²) in [4.78, 5) is 28.3. The molecule has 0 N–H and O–H groups in total. The van der Waals surface area contributed by atoms with Crippen molar-refractivity contribution < 1.29 is 19.1 Å². The highest BCUT2D eigenvalue weighted by molar-refractivity contribution is 8.04. The third-order valence-electron chi connectivity index (χ3n) is 4.06. The molecule has 0 saturated heterocycles. The zero-order valence-electron chi connectivity index (χ0n) is 14.9. The van der Waals surface area contributed by atoms with E-state index < -0.39 is 0 Å². The van der Waals surface area contributed by atoms with Crippen LogP contribution in [0.25, 0.3) is 5.57 Å². The quantitative estimate of drug-likeness (QED) is 0.657. The van der Waals surface area contributed by atoms with E-state index in [1.807, 2.05) is 12.1 Å². The van der Waals surface area contributed by atoms with Gasteiger partial charge in [0, 0.05) is 17.0 Å². The zero-order valence-corrected chi connectivity index (χ0v) is 16.5. The monoisotopic (exact) mass is 403 g/mol. The number of thioether (sulfide) groups is 1. The van der Waals surface area contributed by atoms with Crippen LogP contribution in [0.5, 0.6) is 5.75 Å². The average Bonchev–Trinajstić information content (AvgIpc) is 2.91. The van der Waals surface area contributed by atoms with Crippen molar-refractivity contribution >= 4 is 40.8 Å². The van der Waals surface area contributed by atoms with Crippen molar-refractivity contribution in [2.75, 3.05) is 27.4 Å². The van der Waals surface area contributed by atoms with Crippen LogP contribution in [0.4, 0.5) is 0 Å². The van der Waals surface area contributed by atoms with Gasteiger partial charge in [-0.15, -0.1) is 0 Å². The molecule has 140 valence electrons. The lowest BCUT2D eigenvalue weighted by Gasteiger charge is -2.14. The molecular weight excluding hydrogens is 386 g/mol. The van der Waals surface area contributed by atoms with Gasteiger partial charge in [-0.05, 0) is 42.0 Å². The van der Waals surface area contributed by atoms with Crippen molar-refractivity contribution in [2.45, 2.75) is 4.90 Å². The first-order valence-corrected chi connectivity index (χ1v) is 9.42. The molecule has 0 aromatic heterocycles. The molecule has 0 spiro atoms. The van der Waals surface area contributed by atoms with Crippen LogP contribution in [0, 0.1) is 0 Å². The van der Waals surface area contributed by atoms with Gasteiger partial charge in [-0.3, -0.25) is 14.5 Å². The first-order chi connectivity index (χ1) is 13.0. The van der Waals surface area contributed by atoms with E-state index in [1.54, 1.807) is 43.5 Å². The maximum atomic E-state index is 13.0. The molecule has 7 heteroatoms. The fourth-order valence-corrected chi connectivity index (χ4v) is 3.81. The van der Waals surface area contributed by atoms with Gasteiger partial charge in [-0.2, -0.15) is 0 Å². The summed E-state index contributed by atoms with van der Waals surface area (Å²) >= 11 is 7.20. The molecule has 2 aromatic carbocycles. The van der Waals surface area contributed by atoms with Crippen LogP contribution >= 0.6 is 23.4 Å².